The number of carboxylic acids is 1. The van der Waals surface area contributed by atoms with E-state index in [1.165, 1.54) is 0 Å². The average Bonchev–Trinajstić information content (AvgIpc) is 1.93. The summed E-state index contributed by atoms with van der Waals surface area (Å²) in [6.07, 6.45) is 0.0865. The van der Waals surface area contributed by atoms with Gasteiger partial charge in [-0.2, -0.15) is 0 Å². The van der Waals surface area contributed by atoms with Crippen LogP contribution in [0, 0.1) is 0 Å². The fraction of sp³-hybridized carbons (Fsp3) is 0.125. The molecule has 0 aliphatic heterocycles. The molecule has 1 aromatic rings. The number of benzene rings is 1. The van der Waals surface area contributed by atoms with E-state index in [2.05, 4.69) is 16.0 Å². The van der Waals surface area contributed by atoms with E-state index >= 15 is 0 Å². The van der Waals surface area contributed by atoms with Crippen LogP contribution in [0.3, 0.4) is 0 Å². The van der Waals surface area contributed by atoms with Gasteiger partial charge in [-0.15, -0.1) is 0 Å². The first-order valence-electron chi connectivity index (χ1n) is 3.17. The van der Waals surface area contributed by atoms with Crippen molar-refractivity contribution >= 4 is 26.4 Å². The zero-order chi connectivity index (χ0) is 8.27. The van der Waals surface area contributed by atoms with E-state index < -0.39 is 5.97 Å². The van der Waals surface area contributed by atoms with E-state index in [0.717, 1.165) is 10.0 Å². The molecule has 0 heterocycles. The Kier molecular flexibility index (Phi) is 2.69. The zero-order valence-electron chi connectivity index (χ0n) is 5.78. The van der Waals surface area contributed by atoms with Crippen LogP contribution >= 0.6 is 0 Å². The van der Waals surface area contributed by atoms with Gasteiger partial charge in [-0.1, -0.05) is 0 Å². The summed E-state index contributed by atoms with van der Waals surface area (Å²) in [6, 6.07) is 7.37. The van der Waals surface area contributed by atoms with Crippen LogP contribution in [-0.2, 0) is 11.2 Å². The maximum atomic E-state index is 10.3. The van der Waals surface area contributed by atoms with Gasteiger partial charge in [0.1, 0.15) is 0 Å². The average molecular weight is 214 g/mol. The molecule has 0 atom stereocenters. The summed E-state index contributed by atoms with van der Waals surface area (Å²) in [4.78, 5) is 10.3. The number of carboxylic acid groups (broad SMARTS) is 1. The summed E-state index contributed by atoms with van der Waals surface area (Å²) in [5, 5.41) is 8.48. The first-order valence-corrected chi connectivity index (χ1v) is 4.02. The third-order valence-corrected chi connectivity index (χ3v) is 2.15. The van der Waals surface area contributed by atoms with Crippen LogP contribution in [0.15, 0.2) is 24.3 Å². The number of rotatable bonds is 2. The van der Waals surface area contributed by atoms with Crippen molar-refractivity contribution in [2.75, 3.05) is 0 Å². The minimum atomic E-state index is -0.798. The molecule has 1 radical (unpaired) electrons. The van der Waals surface area contributed by atoms with Gasteiger partial charge in [0.2, 0.25) is 0 Å². The van der Waals surface area contributed by atoms with Gasteiger partial charge in [-0.05, 0) is 0 Å². The van der Waals surface area contributed by atoms with Crippen molar-refractivity contribution in [3.63, 3.8) is 0 Å². The number of hydrogen-bond donors (Lipinski definition) is 1. The standard InChI is InChI=1S/C8H7O2Se/c9-8(10)5-6-3-1-2-4-7(6)11/h1-4H,5H2,(H,9,10). The molecule has 1 aromatic carbocycles. The Balaban J connectivity index is 2.86. The van der Waals surface area contributed by atoms with Crippen molar-refractivity contribution in [3.8, 4) is 0 Å². The normalized spacial score (nSPS) is 9.45. The van der Waals surface area contributed by atoms with Crippen LogP contribution in [0.5, 0.6) is 0 Å². The van der Waals surface area contributed by atoms with Crippen LogP contribution in [0.25, 0.3) is 0 Å². The Morgan fingerprint density at radius 3 is 2.64 bits per heavy atom. The van der Waals surface area contributed by atoms with E-state index in [4.69, 9.17) is 5.11 Å². The minimum absolute atomic E-state index is 0.0865. The third kappa shape index (κ3) is 2.37. The van der Waals surface area contributed by atoms with Gasteiger partial charge in [-0.3, -0.25) is 0 Å². The molecular weight excluding hydrogens is 207 g/mol. The number of carbonyl (C=O) groups is 1. The van der Waals surface area contributed by atoms with Crippen molar-refractivity contribution in [1.29, 1.82) is 0 Å². The van der Waals surface area contributed by atoms with Crippen LogP contribution in [-0.4, -0.2) is 27.1 Å². The molecule has 0 aliphatic rings. The van der Waals surface area contributed by atoms with Crippen LogP contribution in [0.2, 0.25) is 0 Å². The Labute approximate surface area is 73.1 Å². The molecule has 57 valence electrons. The van der Waals surface area contributed by atoms with Crippen molar-refractivity contribution < 1.29 is 9.90 Å². The number of hydrogen-bond acceptors (Lipinski definition) is 1. The van der Waals surface area contributed by atoms with E-state index in [1.54, 1.807) is 6.07 Å². The molecule has 0 amide bonds. The molecule has 0 aromatic heterocycles. The van der Waals surface area contributed by atoms with E-state index in [0.29, 0.717) is 0 Å². The third-order valence-electron chi connectivity index (χ3n) is 1.31. The molecule has 0 spiro atoms. The van der Waals surface area contributed by atoms with E-state index in [1.807, 2.05) is 18.2 Å². The van der Waals surface area contributed by atoms with Crippen molar-refractivity contribution in [1.82, 2.24) is 0 Å². The summed E-state index contributed by atoms with van der Waals surface area (Å²) in [6.45, 7) is 0. The molecule has 1 N–H and O–H groups in total. The Morgan fingerprint density at radius 1 is 1.45 bits per heavy atom. The Morgan fingerprint density at radius 2 is 2.09 bits per heavy atom. The molecule has 0 bridgehead atoms. The van der Waals surface area contributed by atoms with Crippen molar-refractivity contribution in [2.45, 2.75) is 6.42 Å². The van der Waals surface area contributed by atoms with Gasteiger partial charge in [-0.25, -0.2) is 0 Å². The summed E-state index contributed by atoms with van der Waals surface area (Å²) >= 11 is 2.81. The quantitative estimate of drug-likeness (QED) is 0.709. The summed E-state index contributed by atoms with van der Waals surface area (Å²) < 4.78 is 0.912. The first-order chi connectivity index (χ1) is 5.20. The SMILES string of the molecule is O=C(O)Cc1ccccc1[Se]. The first kappa shape index (κ1) is 8.31. The summed E-state index contributed by atoms with van der Waals surface area (Å²) in [5.41, 5.74) is 0.833. The summed E-state index contributed by atoms with van der Waals surface area (Å²) in [7, 11) is 0. The fourth-order valence-electron chi connectivity index (χ4n) is 0.813. The monoisotopic (exact) mass is 215 g/mol. The molecule has 2 nitrogen and oxygen atoms in total. The second kappa shape index (κ2) is 3.56. The van der Waals surface area contributed by atoms with E-state index in [9.17, 15) is 4.79 Å². The summed E-state index contributed by atoms with van der Waals surface area (Å²) in [5.74, 6) is -0.798. The molecule has 3 heteroatoms. The molecule has 11 heavy (non-hydrogen) atoms. The fourth-order valence-corrected chi connectivity index (χ4v) is 1.27. The Hall–Kier alpha value is -0.791. The molecule has 0 saturated heterocycles. The van der Waals surface area contributed by atoms with Gasteiger partial charge in [0.05, 0.1) is 0 Å². The molecule has 0 unspecified atom stereocenters. The Bertz CT molecular complexity index is 271. The maximum absolute atomic E-state index is 10.3. The predicted molar refractivity (Wildman–Crippen MR) is 43.2 cm³/mol. The van der Waals surface area contributed by atoms with Gasteiger partial charge >= 0.3 is 72.6 Å². The molecule has 0 saturated carbocycles. The van der Waals surface area contributed by atoms with Crippen molar-refractivity contribution in [3.05, 3.63) is 29.8 Å². The molecular formula is C8H7O2Se. The second-order valence-electron chi connectivity index (χ2n) is 2.18. The van der Waals surface area contributed by atoms with Gasteiger partial charge in [0.15, 0.2) is 0 Å². The second-order valence-corrected chi connectivity index (χ2v) is 3.10. The van der Waals surface area contributed by atoms with Gasteiger partial charge in [0, 0.05) is 0 Å². The van der Waals surface area contributed by atoms with Gasteiger partial charge in [0.25, 0.3) is 0 Å². The van der Waals surface area contributed by atoms with Crippen molar-refractivity contribution in [2.24, 2.45) is 0 Å². The zero-order valence-corrected chi connectivity index (χ0v) is 7.49. The van der Waals surface area contributed by atoms with E-state index in [-0.39, 0.29) is 6.42 Å². The molecule has 1 rings (SSSR count). The number of aliphatic carboxylic acids is 1. The van der Waals surface area contributed by atoms with Gasteiger partial charge < -0.3 is 0 Å². The molecule has 0 aliphatic carbocycles. The topological polar surface area (TPSA) is 37.3 Å². The predicted octanol–water partition coefficient (Wildman–Crippen LogP) is 0.108. The van der Waals surface area contributed by atoms with Crippen LogP contribution in [0.1, 0.15) is 5.56 Å². The molecule has 0 fully saturated rings. The van der Waals surface area contributed by atoms with Crippen LogP contribution < -0.4 is 4.46 Å². The van der Waals surface area contributed by atoms with Crippen LogP contribution in [0.4, 0.5) is 0 Å².